The van der Waals surface area contributed by atoms with E-state index >= 15 is 0 Å². The lowest BCUT2D eigenvalue weighted by molar-refractivity contribution is 0.0953. The maximum atomic E-state index is 12.5. The highest BCUT2D eigenvalue weighted by molar-refractivity contribution is 6.06. The normalized spacial score (nSPS) is 10.9. The summed E-state index contributed by atoms with van der Waals surface area (Å²) >= 11 is 0. The molecule has 0 saturated carbocycles. The fourth-order valence-electron chi connectivity index (χ4n) is 3.35. The molecule has 0 aliphatic rings. The lowest BCUT2D eigenvalue weighted by Gasteiger charge is -2.09. The van der Waals surface area contributed by atoms with Gasteiger partial charge in [-0.25, -0.2) is 5.43 Å². The molecule has 2 amide bonds. The summed E-state index contributed by atoms with van der Waals surface area (Å²) in [5, 5.41) is 9.11. The smallest absolute Gasteiger partial charge is 0.271 e. The summed E-state index contributed by atoms with van der Waals surface area (Å²) in [6.45, 7) is 1.88. The molecule has 0 heterocycles. The summed E-state index contributed by atoms with van der Waals surface area (Å²) in [6, 6.07) is 28.0. The Morgan fingerprint density at radius 1 is 0.806 bits per heavy atom. The van der Waals surface area contributed by atoms with E-state index in [0.717, 1.165) is 21.9 Å². The number of hydrogen-bond acceptors (Lipinski definition) is 3. The van der Waals surface area contributed by atoms with Crippen LogP contribution in [0.3, 0.4) is 0 Å². The molecule has 5 nitrogen and oxygen atoms in total. The molecule has 0 aromatic heterocycles. The van der Waals surface area contributed by atoms with E-state index in [1.807, 2.05) is 67.6 Å². The first-order chi connectivity index (χ1) is 15.1. The Bertz CT molecular complexity index is 1290. The molecule has 0 bridgehead atoms. The van der Waals surface area contributed by atoms with Gasteiger partial charge in [0, 0.05) is 22.4 Å². The topological polar surface area (TPSA) is 70.6 Å². The summed E-state index contributed by atoms with van der Waals surface area (Å²) in [6.07, 6.45) is 1.63. The average molecular weight is 407 g/mol. The summed E-state index contributed by atoms with van der Waals surface area (Å²) in [5.74, 6) is -0.576. The van der Waals surface area contributed by atoms with Crippen LogP contribution in [0.4, 0.5) is 5.69 Å². The Labute approximate surface area is 180 Å². The van der Waals surface area contributed by atoms with Gasteiger partial charge in [-0.1, -0.05) is 66.7 Å². The largest absolute Gasteiger partial charge is 0.322 e. The van der Waals surface area contributed by atoms with Crippen LogP contribution in [0.25, 0.3) is 10.8 Å². The molecule has 4 aromatic carbocycles. The lowest BCUT2D eigenvalue weighted by Crippen LogP contribution is -2.18. The van der Waals surface area contributed by atoms with Gasteiger partial charge in [0.2, 0.25) is 0 Å². The molecule has 0 unspecified atom stereocenters. The van der Waals surface area contributed by atoms with Crippen molar-refractivity contribution in [2.45, 2.75) is 6.92 Å². The number of carbonyl (C=O) groups is 2. The van der Waals surface area contributed by atoms with E-state index in [-0.39, 0.29) is 11.8 Å². The first-order valence-electron chi connectivity index (χ1n) is 9.90. The zero-order valence-electron chi connectivity index (χ0n) is 17.0. The first-order valence-corrected chi connectivity index (χ1v) is 9.90. The number of anilines is 1. The third kappa shape index (κ3) is 4.67. The number of hydrogen-bond donors (Lipinski definition) is 2. The third-order valence-corrected chi connectivity index (χ3v) is 4.97. The predicted molar refractivity (Wildman–Crippen MR) is 125 cm³/mol. The van der Waals surface area contributed by atoms with Gasteiger partial charge in [0.15, 0.2) is 0 Å². The zero-order valence-corrected chi connectivity index (χ0v) is 17.0. The molecule has 0 radical (unpaired) electrons. The molecule has 0 saturated heterocycles. The summed E-state index contributed by atoms with van der Waals surface area (Å²) in [5.41, 5.74) is 5.89. The number of fused-ring (bicyclic) bond motifs is 1. The number of benzene rings is 4. The van der Waals surface area contributed by atoms with Gasteiger partial charge in [-0.15, -0.1) is 0 Å². The molecule has 31 heavy (non-hydrogen) atoms. The number of carbonyl (C=O) groups excluding carboxylic acids is 2. The molecule has 152 valence electrons. The standard InChI is InChI=1S/C26H21N3O2/c1-18-8-2-4-14-23(18)26(31)28-22-13-7-11-20(16-22)25(30)29-27-17-21-12-6-10-19-9-3-5-15-24(19)21/h2-17H,1H3,(H,28,31)(H,29,30)/b27-17-. The van der Waals surface area contributed by atoms with Crippen LogP contribution >= 0.6 is 0 Å². The molecule has 2 N–H and O–H groups in total. The molecule has 0 fully saturated rings. The maximum Gasteiger partial charge on any atom is 0.271 e. The van der Waals surface area contributed by atoms with E-state index in [1.165, 1.54) is 0 Å². The minimum absolute atomic E-state index is 0.218. The van der Waals surface area contributed by atoms with E-state index in [0.29, 0.717) is 16.8 Å². The monoisotopic (exact) mass is 407 g/mol. The molecule has 0 atom stereocenters. The summed E-state index contributed by atoms with van der Waals surface area (Å²) in [7, 11) is 0. The fraction of sp³-hybridized carbons (Fsp3) is 0.0385. The average Bonchev–Trinajstić information content (AvgIpc) is 2.79. The SMILES string of the molecule is Cc1ccccc1C(=O)Nc1cccc(C(=O)N/N=C\c2cccc3ccccc23)c1. The number of amides is 2. The Morgan fingerprint density at radius 2 is 1.55 bits per heavy atom. The second-order valence-corrected chi connectivity index (χ2v) is 7.12. The van der Waals surface area contributed by atoms with Crippen LogP contribution in [0.2, 0.25) is 0 Å². The van der Waals surface area contributed by atoms with E-state index in [1.54, 1.807) is 36.5 Å². The number of aryl methyl sites for hydroxylation is 1. The van der Waals surface area contributed by atoms with Gasteiger partial charge in [-0.05, 0) is 47.5 Å². The van der Waals surface area contributed by atoms with Crippen LogP contribution < -0.4 is 10.7 Å². The molecule has 4 aromatic rings. The van der Waals surface area contributed by atoms with Crippen LogP contribution in [0.15, 0.2) is 96.1 Å². The van der Waals surface area contributed by atoms with Crippen molar-refractivity contribution in [3.63, 3.8) is 0 Å². The van der Waals surface area contributed by atoms with Crippen molar-refractivity contribution in [1.82, 2.24) is 5.43 Å². The predicted octanol–water partition coefficient (Wildman–Crippen LogP) is 5.16. The molecule has 0 aliphatic heterocycles. The third-order valence-electron chi connectivity index (χ3n) is 4.97. The van der Waals surface area contributed by atoms with E-state index in [9.17, 15) is 9.59 Å². The molecule has 4 rings (SSSR count). The van der Waals surface area contributed by atoms with Crippen LogP contribution in [0.1, 0.15) is 31.8 Å². The zero-order chi connectivity index (χ0) is 21.6. The van der Waals surface area contributed by atoms with Crippen molar-refractivity contribution in [3.8, 4) is 0 Å². The number of hydrazone groups is 1. The van der Waals surface area contributed by atoms with Crippen molar-refractivity contribution in [1.29, 1.82) is 0 Å². The fourth-order valence-corrected chi connectivity index (χ4v) is 3.35. The Hall–Kier alpha value is -4.25. The molecule has 0 aliphatic carbocycles. The van der Waals surface area contributed by atoms with E-state index in [4.69, 9.17) is 0 Å². The van der Waals surface area contributed by atoms with Gasteiger partial charge in [0.1, 0.15) is 0 Å². The van der Waals surface area contributed by atoms with E-state index < -0.39 is 0 Å². The van der Waals surface area contributed by atoms with Crippen LogP contribution in [0.5, 0.6) is 0 Å². The van der Waals surface area contributed by atoms with Crippen LogP contribution in [0, 0.1) is 6.92 Å². The van der Waals surface area contributed by atoms with Gasteiger partial charge < -0.3 is 5.32 Å². The Kier molecular flexibility index (Phi) is 5.85. The first kappa shape index (κ1) is 20.0. The van der Waals surface area contributed by atoms with Crippen molar-refractivity contribution in [2.24, 2.45) is 5.10 Å². The molecular formula is C26H21N3O2. The minimum atomic E-state index is -0.358. The van der Waals surface area contributed by atoms with Gasteiger partial charge in [-0.2, -0.15) is 5.10 Å². The maximum absolute atomic E-state index is 12.5. The quantitative estimate of drug-likeness (QED) is 0.354. The van der Waals surface area contributed by atoms with Gasteiger partial charge in [0.05, 0.1) is 6.21 Å². The highest BCUT2D eigenvalue weighted by atomic mass is 16.2. The van der Waals surface area contributed by atoms with Crippen molar-refractivity contribution in [3.05, 3.63) is 113 Å². The Morgan fingerprint density at radius 3 is 2.42 bits per heavy atom. The number of nitrogens with zero attached hydrogens (tertiary/aromatic N) is 1. The second-order valence-electron chi connectivity index (χ2n) is 7.12. The van der Waals surface area contributed by atoms with Gasteiger partial charge in [0.25, 0.3) is 11.8 Å². The van der Waals surface area contributed by atoms with Crippen molar-refractivity contribution < 1.29 is 9.59 Å². The van der Waals surface area contributed by atoms with Gasteiger partial charge in [-0.3, -0.25) is 9.59 Å². The lowest BCUT2D eigenvalue weighted by atomic mass is 10.1. The van der Waals surface area contributed by atoms with Gasteiger partial charge >= 0.3 is 0 Å². The van der Waals surface area contributed by atoms with E-state index in [2.05, 4.69) is 15.8 Å². The molecule has 0 spiro atoms. The Balaban J connectivity index is 1.45. The van der Waals surface area contributed by atoms with Crippen LogP contribution in [-0.2, 0) is 0 Å². The van der Waals surface area contributed by atoms with Crippen molar-refractivity contribution >= 4 is 34.5 Å². The number of nitrogens with one attached hydrogen (secondary N) is 2. The van der Waals surface area contributed by atoms with Crippen LogP contribution in [-0.4, -0.2) is 18.0 Å². The highest BCUT2D eigenvalue weighted by Gasteiger charge is 2.10. The molecule has 5 heteroatoms. The molecular weight excluding hydrogens is 386 g/mol. The summed E-state index contributed by atoms with van der Waals surface area (Å²) in [4.78, 5) is 25.0. The summed E-state index contributed by atoms with van der Waals surface area (Å²) < 4.78 is 0. The second kappa shape index (κ2) is 9.05. The minimum Gasteiger partial charge on any atom is -0.322 e. The van der Waals surface area contributed by atoms with Crippen molar-refractivity contribution in [2.75, 3.05) is 5.32 Å². The number of rotatable bonds is 5. The highest BCUT2D eigenvalue weighted by Crippen LogP contribution is 2.17.